The number of benzene rings is 1. The summed E-state index contributed by atoms with van der Waals surface area (Å²) in [5, 5.41) is 12.2. The lowest BCUT2D eigenvalue weighted by Crippen LogP contribution is -2.34. The van der Waals surface area contributed by atoms with Gasteiger partial charge in [0.25, 0.3) is 0 Å². The summed E-state index contributed by atoms with van der Waals surface area (Å²) in [4.78, 5) is 23.5. The second-order valence-electron chi connectivity index (χ2n) is 6.65. The first-order chi connectivity index (χ1) is 12.6. The zero-order chi connectivity index (χ0) is 18.8. The van der Waals surface area contributed by atoms with E-state index in [9.17, 15) is 14.7 Å². The highest BCUT2D eigenvalue weighted by molar-refractivity contribution is 5.77. The number of carbonyl (C=O) groups is 2. The number of rotatable bonds is 10. The zero-order valence-corrected chi connectivity index (χ0v) is 15.4. The average molecular weight is 363 g/mol. The Morgan fingerprint density at radius 3 is 2.69 bits per heavy atom. The van der Waals surface area contributed by atoms with Crippen LogP contribution in [0.3, 0.4) is 0 Å². The maximum atomic E-state index is 12.0. The highest BCUT2D eigenvalue weighted by Gasteiger charge is 2.20. The van der Waals surface area contributed by atoms with Gasteiger partial charge in [-0.1, -0.05) is 12.1 Å². The number of carboxylic acids is 1. The van der Waals surface area contributed by atoms with Crippen molar-refractivity contribution in [3.63, 3.8) is 0 Å². The Morgan fingerprint density at radius 2 is 2.08 bits per heavy atom. The maximum Gasteiger partial charge on any atom is 0.308 e. The van der Waals surface area contributed by atoms with Gasteiger partial charge < -0.3 is 19.9 Å². The lowest BCUT2D eigenvalue weighted by molar-refractivity contribution is -0.141. The summed E-state index contributed by atoms with van der Waals surface area (Å²) >= 11 is 0. The summed E-state index contributed by atoms with van der Waals surface area (Å²) in [6, 6.07) is 7.40. The highest BCUT2D eigenvalue weighted by atomic mass is 16.5. The summed E-state index contributed by atoms with van der Waals surface area (Å²) in [6.07, 6.45) is 4.84. The van der Waals surface area contributed by atoms with Crippen LogP contribution in [0.15, 0.2) is 24.3 Å². The summed E-state index contributed by atoms with van der Waals surface area (Å²) in [6.45, 7) is 3.41. The fourth-order valence-corrected chi connectivity index (χ4v) is 3.07. The van der Waals surface area contributed by atoms with E-state index in [1.165, 1.54) is 0 Å². The van der Waals surface area contributed by atoms with Crippen LogP contribution in [0, 0.1) is 5.92 Å². The molecule has 1 aliphatic rings. The van der Waals surface area contributed by atoms with Crippen molar-refractivity contribution in [2.75, 3.05) is 19.8 Å². The SMILES string of the molecule is CCOc1ccc(CC(CNC(=O)CCC2CCCCO2)C(=O)O)cc1. The molecule has 1 heterocycles. The summed E-state index contributed by atoms with van der Waals surface area (Å²) < 4.78 is 11.0. The molecular weight excluding hydrogens is 334 g/mol. The minimum Gasteiger partial charge on any atom is -0.494 e. The first kappa shape index (κ1) is 20.2. The highest BCUT2D eigenvalue weighted by Crippen LogP contribution is 2.17. The van der Waals surface area contributed by atoms with Gasteiger partial charge in [0, 0.05) is 19.6 Å². The lowest BCUT2D eigenvalue weighted by Gasteiger charge is -2.22. The molecule has 2 N–H and O–H groups in total. The molecule has 1 saturated heterocycles. The molecular formula is C20H29NO5. The van der Waals surface area contributed by atoms with Gasteiger partial charge in [0.2, 0.25) is 5.91 Å². The van der Waals surface area contributed by atoms with Crippen molar-refractivity contribution >= 4 is 11.9 Å². The minimum atomic E-state index is -0.908. The fourth-order valence-electron chi connectivity index (χ4n) is 3.07. The van der Waals surface area contributed by atoms with E-state index in [4.69, 9.17) is 9.47 Å². The molecule has 0 bridgehead atoms. The van der Waals surface area contributed by atoms with Crippen LogP contribution in [0.4, 0.5) is 0 Å². The molecule has 0 radical (unpaired) electrons. The van der Waals surface area contributed by atoms with E-state index in [-0.39, 0.29) is 18.6 Å². The van der Waals surface area contributed by atoms with Gasteiger partial charge in [0.1, 0.15) is 5.75 Å². The monoisotopic (exact) mass is 363 g/mol. The molecule has 0 aliphatic carbocycles. The second-order valence-corrected chi connectivity index (χ2v) is 6.65. The Hall–Kier alpha value is -2.08. The van der Waals surface area contributed by atoms with Crippen molar-refractivity contribution in [1.29, 1.82) is 0 Å². The molecule has 144 valence electrons. The number of aliphatic carboxylic acids is 1. The molecule has 6 heteroatoms. The largest absolute Gasteiger partial charge is 0.494 e. The molecule has 1 aliphatic heterocycles. The van der Waals surface area contributed by atoms with Crippen molar-refractivity contribution in [3.8, 4) is 5.75 Å². The lowest BCUT2D eigenvalue weighted by atomic mass is 9.99. The third kappa shape index (κ3) is 7.04. The third-order valence-corrected chi connectivity index (χ3v) is 4.58. The van der Waals surface area contributed by atoms with Crippen molar-refractivity contribution < 1.29 is 24.2 Å². The Balaban J connectivity index is 1.76. The van der Waals surface area contributed by atoms with E-state index in [2.05, 4.69) is 5.32 Å². The topological polar surface area (TPSA) is 84.9 Å². The minimum absolute atomic E-state index is 0.114. The van der Waals surface area contributed by atoms with Crippen LogP contribution in [-0.4, -0.2) is 42.8 Å². The van der Waals surface area contributed by atoms with Gasteiger partial charge in [-0.2, -0.15) is 0 Å². The number of carbonyl (C=O) groups excluding carboxylic acids is 1. The van der Waals surface area contributed by atoms with Crippen LogP contribution >= 0.6 is 0 Å². The number of hydrogen-bond acceptors (Lipinski definition) is 4. The summed E-state index contributed by atoms with van der Waals surface area (Å²) in [7, 11) is 0. The van der Waals surface area contributed by atoms with E-state index in [1.54, 1.807) is 0 Å². The van der Waals surface area contributed by atoms with Crippen molar-refractivity contribution in [2.24, 2.45) is 5.92 Å². The zero-order valence-electron chi connectivity index (χ0n) is 15.4. The number of nitrogens with one attached hydrogen (secondary N) is 1. The third-order valence-electron chi connectivity index (χ3n) is 4.58. The smallest absolute Gasteiger partial charge is 0.308 e. The predicted octanol–water partition coefficient (Wildman–Crippen LogP) is 2.79. The molecule has 26 heavy (non-hydrogen) atoms. The van der Waals surface area contributed by atoms with Gasteiger partial charge in [-0.3, -0.25) is 9.59 Å². The fraction of sp³-hybridized carbons (Fsp3) is 0.600. The Kier molecular flexibility index (Phi) is 8.41. The van der Waals surface area contributed by atoms with Crippen molar-refractivity contribution in [1.82, 2.24) is 5.32 Å². The number of hydrogen-bond donors (Lipinski definition) is 2. The van der Waals surface area contributed by atoms with Gasteiger partial charge in [0.05, 0.1) is 18.6 Å². The van der Waals surface area contributed by atoms with Gasteiger partial charge in [-0.05, 0) is 56.7 Å². The Morgan fingerprint density at radius 1 is 1.31 bits per heavy atom. The second kappa shape index (κ2) is 10.8. The quantitative estimate of drug-likeness (QED) is 0.668. The van der Waals surface area contributed by atoms with E-state index in [0.717, 1.165) is 37.2 Å². The summed E-state index contributed by atoms with van der Waals surface area (Å²) in [5.74, 6) is -0.906. The summed E-state index contributed by atoms with van der Waals surface area (Å²) in [5.41, 5.74) is 0.908. The van der Waals surface area contributed by atoms with E-state index < -0.39 is 11.9 Å². The molecule has 1 fully saturated rings. The van der Waals surface area contributed by atoms with Gasteiger partial charge >= 0.3 is 5.97 Å². The molecule has 2 unspecified atom stereocenters. The Bertz CT molecular complexity index is 566. The molecule has 6 nitrogen and oxygen atoms in total. The molecule has 0 aromatic heterocycles. The van der Waals surface area contributed by atoms with Gasteiger partial charge in [0.15, 0.2) is 0 Å². The van der Waals surface area contributed by atoms with E-state index in [1.807, 2.05) is 31.2 Å². The molecule has 2 rings (SSSR count). The van der Waals surface area contributed by atoms with E-state index in [0.29, 0.717) is 25.9 Å². The number of amides is 1. The van der Waals surface area contributed by atoms with Crippen molar-refractivity contribution in [2.45, 2.75) is 51.6 Å². The molecule has 1 aromatic rings. The van der Waals surface area contributed by atoms with Crippen LogP contribution in [0.2, 0.25) is 0 Å². The van der Waals surface area contributed by atoms with Crippen LogP contribution in [-0.2, 0) is 20.7 Å². The first-order valence-corrected chi connectivity index (χ1v) is 9.41. The number of carboxylic acid groups (broad SMARTS) is 1. The molecule has 0 saturated carbocycles. The normalized spacial score (nSPS) is 18.1. The van der Waals surface area contributed by atoms with Crippen LogP contribution in [0.5, 0.6) is 5.75 Å². The van der Waals surface area contributed by atoms with Gasteiger partial charge in [-0.25, -0.2) is 0 Å². The average Bonchev–Trinajstić information content (AvgIpc) is 2.65. The molecule has 1 aromatic carbocycles. The molecule has 0 spiro atoms. The van der Waals surface area contributed by atoms with E-state index >= 15 is 0 Å². The standard InChI is InChI=1S/C20H29NO5/c1-2-25-18-8-6-15(7-9-18)13-16(20(23)24)14-21-19(22)11-10-17-5-3-4-12-26-17/h6-9,16-17H,2-5,10-14H2,1H3,(H,21,22)(H,23,24). The Labute approximate surface area is 154 Å². The predicted molar refractivity (Wildman–Crippen MR) is 98.3 cm³/mol. The van der Waals surface area contributed by atoms with Crippen LogP contribution in [0.1, 0.15) is 44.6 Å². The molecule has 1 amide bonds. The number of ether oxygens (including phenoxy) is 2. The van der Waals surface area contributed by atoms with Crippen LogP contribution in [0.25, 0.3) is 0 Å². The molecule has 2 atom stereocenters. The van der Waals surface area contributed by atoms with Crippen LogP contribution < -0.4 is 10.1 Å². The van der Waals surface area contributed by atoms with Crippen molar-refractivity contribution in [3.05, 3.63) is 29.8 Å². The first-order valence-electron chi connectivity index (χ1n) is 9.41. The van der Waals surface area contributed by atoms with Gasteiger partial charge in [-0.15, -0.1) is 0 Å². The maximum absolute atomic E-state index is 12.0.